The van der Waals surface area contributed by atoms with Crippen molar-refractivity contribution in [1.82, 2.24) is 10.3 Å². The van der Waals surface area contributed by atoms with E-state index in [0.717, 1.165) is 12.1 Å². The maximum atomic E-state index is 13.2. The summed E-state index contributed by atoms with van der Waals surface area (Å²) in [4.78, 5) is 16.4. The molecule has 0 unspecified atom stereocenters. The first kappa shape index (κ1) is 16.7. The van der Waals surface area contributed by atoms with Crippen LogP contribution in [0.2, 0.25) is 0 Å². The summed E-state index contributed by atoms with van der Waals surface area (Å²) in [6.07, 6.45) is 1.59. The van der Waals surface area contributed by atoms with Gasteiger partial charge in [-0.05, 0) is 48.0 Å². The van der Waals surface area contributed by atoms with Crippen molar-refractivity contribution in [3.05, 3.63) is 89.4 Å². The first-order valence-electron chi connectivity index (χ1n) is 7.47. The number of carbonyl (C=O) groups excluding carboxylic acids is 1. The van der Waals surface area contributed by atoms with Crippen LogP contribution in [-0.4, -0.2) is 10.9 Å². The molecule has 3 rings (SSSR count). The summed E-state index contributed by atoms with van der Waals surface area (Å²) >= 11 is 0. The van der Waals surface area contributed by atoms with Crippen LogP contribution in [0.3, 0.4) is 0 Å². The van der Waals surface area contributed by atoms with E-state index in [9.17, 15) is 18.0 Å². The van der Waals surface area contributed by atoms with Crippen LogP contribution in [0.25, 0.3) is 11.3 Å². The second-order valence-electron chi connectivity index (χ2n) is 5.36. The highest BCUT2D eigenvalue weighted by Gasteiger charge is 2.11. The summed E-state index contributed by atoms with van der Waals surface area (Å²) in [5.74, 6) is -2.60. The van der Waals surface area contributed by atoms with Gasteiger partial charge in [0.15, 0.2) is 0 Å². The zero-order valence-corrected chi connectivity index (χ0v) is 13.0. The number of amides is 1. The molecule has 3 nitrogen and oxygen atoms in total. The smallest absolute Gasteiger partial charge is 0.251 e. The molecule has 25 heavy (non-hydrogen) atoms. The lowest BCUT2D eigenvalue weighted by molar-refractivity contribution is 0.0950. The number of halogens is 3. The van der Waals surface area contributed by atoms with Crippen molar-refractivity contribution >= 4 is 5.91 Å². The van der Waals surface area contributed by atoms with Gasteiger partial charge in [-0.2, -0.15) is 0 Å². The van der Waals surface area contributed by atoms with Gasteiger partial charge < -0.3 is 5.32 Å². The van der Waals surface area contributed by atoms with E-state index in [1.807, 2.05) is 0 Å². The summed E-state index contributed by atoms with van der Waals surface area (Å²) in [5, 5.41) is 2.60. The van der Waals surface area contributed by atoms with E-state index in [0.29, 0.717) is 22.9 Å². The predicted octanol–water partition coefficient (Wildman–Crippen LogP) is 4.10. The number of rotatable bonds is 4. The van der Waals surface area contributed by atoms with Crippen molar-refractivity contribution in [3.63, 3.8) is 0 Å². The van der Waals surface area contributed by atoms with Crippen LogP contribution in [0.15, 0.2) is 60.8 Å². The van der Waals surface area contributed by atoms with Crippen molar-refractivity contribution in [2.75, 3.05) is 0 Å². The number of nitrogens with zero attached hydrogens (tertiary/aromatic N) is 1. The molecule has 1 amide bonds. The molecule has 0 aliphatic heterocycles. The fraction of sp³-hybridized carbons (Fsp3) is 0.0526. The third kappa shape index (κ3) is 4.03. The topological polar surface area (TPSA) is 42.0 Å². The zero-order valence-electron chi connectivity index (χ0n) is 13.0. The number of nitrogens with one attached hydrogen (secondary N) is 1. The molecule has 1 aromatic heterocycles. The molecule has 1 heterocycles. The highest BCUT2D eigenvalue weighted by Crippen LogP contribution is 2.21. The zero-order chi connectivity index (χ0) is 17.8. The van der Waals surface area contributed by atoms with Gasteiger partial charge in [-0.3, -0.25) is 9.78 Å². The van der Waals surface area contributed by atoms with Crippen molar-refractivity contribution < 1.29 is 18.0 Å². The Balaban J connectivity index is 1.79. The Kier molecular flexibility index (Phi) is 4.79. The molecular formula is C19H13F3N2O. The van der Waals surface area contributed by atoms with E-state index in [-0.39, 0.29) is 17.9 Å². The SMILES string of the molecule is O=C(NCc1cccnc1-c1ccc(F)cc1)c1cc(F)cc(F)c1. The third-order valence-electron chi connectivity index (χ3n) is 3.57. The maximum Gasteiger partial charge on any atom is 0.251 e. The van der Waals surface area contributed by atoms with Gasteiger partial charge >= 0.3 is 0 Å². The summed E-state index contributed by atoms with van der Waals surface area (Å²) in [5.41, 5.74) is 1.88. The molecule has 1 N–H and O–H groups in total. The van der Waals surface area contributed by atoms with Gasteiger partial charge in [0.2, 0.25) is 0 Å². The van der Waals surface area contributed by atoms with Gasteiger partial charge in [-0.25, -0.2) is 13.2 Å². The molecule has 0 fully saturated rings. The number of hydrogen-bond donors (Lipinski definition) is 1. The molecule has 3 aromatic rings. The highest BCUT2D eigenvalue weighted by atomic mass is 19.1. The molecule has 0 bridgehead atoms. The molecule has 2 aromatic carbocycles. The van der Waals surface area contributed by atoms with Crippen LogP contribution in [0.1, 0.15) is 15.9 Å². The monoisotopic (exact) mass is 342 g/mol. The molecule has 0 saturated heterocycles. The van der Waals surface area contributed by atoms with E-state index in [1.165, 1.54) is 12.1 Å². The fourth-order valence-electron chi connectivity index (χ4n) is 2.41. The number of benzene rings is 2. The Morgan fingerprint density at radius 1 is 0.920 bits per heavy atom. The Bertz CT molecular complexity index is 891. The van der Waals surface area contributed by atoms with Crippen LogP contribution >= 0.6 is 0 Å². The van der Waals surface area contributed by atoms with Crippen LogP contribution in [0, 0.1) is 17.5 Å². The summed E-state index contributed by atoms with van der Waals surface area (Å²) in [6.45, 7) is 0.109. The van der Waals surface area contributed by atoms with Gasteiger partial charge in [-0.1, -0.05) is 6.07 Å². The molecule has 0 aliphatic rings. The summed E-state index contributed by atoms with van der Waals surface area (Å²) in [7, 11) is 0. The number of aromatic nitrogens is 1. The Labute approximate surface area is 142 Å². The summed E-state index contributed by atoms with van der Waals surface area (Å²) in [6, 6.07) is 11.9. The number of hydrogen-bond acceptors (Lipinski definition) is 2. The molecule has 6 heteroatoms. The van der Waals surface area contributed by atoms with Gasteiger partial charge in [0.25, 0.3) is 5.91 Å². The predicted molar refractivity (Wildman–Crippen MR) is 87.2 cm³/mol. The normalized spacial score (nSPS) is 10.5. The Morgan fingerprint density at radius 2 is 1.60 bits per heavy atom. The largest absolute Gasteiger partial charge is 0.348 e. The molecule has 0 radical (unpaired) electrons. The lowest BCUT2D eigenvalue weighted by Gasteiger charge is -2.10. The summed E-state index contributed by atoms with van der Waals surface area (Å²) < 4.78 is 39.5. The van der Waals surface area contributed by atoms with Gasteiger partial charge in [0.1, 0.15) is 17.5 Å². The van der Waals surface area contributed by atoms with Crippen molar-refractivity contribution in [3.8, 4) is 11.3 Å². The first-order valence-corrected chi connectivity index (χ1v) is 7.47. The molecule has 126 valence electrons. The number of pyridine rings is 1. The minimum absolute atomic E-state index is 0.107. The molecular weight excluding hydrogens is 329 g/mol. The van der Waals surface area contributed by atoms with Crippen LogP contribution in [0.5, 0.6) is 0 Å². The first-order chi connectivity index (χ1) is 12.0. The Morgan fingerprint density at radius 3 is 2.28 bits per heavy atom. The van der Waals surface area contributed by atoms with Crippen molar-refractivity contribution in [1.29, 1.82) is 0 Å². The highest BCUT2D eigenvalue weighted by molar-refractivity contribution is 5.94. The van der Waals surface area contributed by atoms with E-state index < -0.39 is 17.5 Å². The average Bonchev–Trinajstić information content (AvgIpc) is 2.60. The standard InChI is InChI=1S/C19H13F3N2O/c20-15-5-3-12(4-6-15)18-13(2-1-7-23-18)11-24-19(25)14-8-16(21)10-17(22)9-14/h1-10H,11H2,(H,24,25). The van der Waals surface area contributed by atoms with E-state index in [2.05, 4.69) is 10.3 Å². The number of carbonyl (C=O) groups is 1. The van der Waals surface area contributed by atoms with Crippen molar-refractivity contribution in [2.24, 2.45) is 0 Å². The molecule has 0 atom stereocenters. The third-order valence-corrected chi connectivity index (χ3v) is 3.57. The molecule has 0 saturated carbocycles. The second kappa shape index (κ2) is 7.17. The van der Waals surface area contributed by atoms with Crippen LogP contribution in [0.4, 0.5) is 13.2 Å². The van der Waals surface area contributed by atoms with Crippen LogP contribution in [-0.2, 0) is 6.54 Å². The molecule has 0 aliphatic carbocycles. The maximum absolute atomic E-state index is 13.2. The van der Waals surface area contributed by atoms with E-state index >= 15 is 0 Å². The van der Waals surface area contributed by atoms with Crippen LogP contribution < -0.4 is 5.32 Å². The minimum atomic E-state index is -0.821. The van der Waals surface area contributed by atoms with Gasteiger partial charge in [-0.15, -0.1) is 0 Å². The fourth-order valence-corrected chi connectivity index (χ4v) is 2.41. The van der Waals surface area contributed by atoms with Gasteiger partial charge in [0, 0.05) is 29.9 Å². The minimum Gasteiger partial charge on any atom is -0.348 e. The second-order valence-corrected chi connectivity index (χ2v) is 5.36. The lowest BCUT2D eigenvalue weighted by atomic mass is 10.1. The quantitative estimate of drug-likeness (QED) is 0.776. The average molecular weight is 342 g/mol. The lowest BCUT2D eigenvalue weighted by Crippen LogP contribution is -2.23. The van der Waals surface area contributed by atoms with Crippen molar-refractivity contribution in [2.45, 2.75) is 6.54 Å². The van der Waals surface area contributed by atoms with E-state index in [1.54, 1.807) is 30.5 Å². The van der Waals surface area contributed by atoms with Gasteiger partial charge in [0.05, 0.1) is 5.69 Å². The Hall–Kier alpha value is -3.15. The molecule has 0 spiro atoms. The van der Waals surface area contributed by atoms with E-state index in [4.69, 9.17) is 0 Å².